The van der Waals surface area contributed by atoms with Crippen LogP contribution in [-0.2, 0) is 0 Å². The summed E-state index contributed by atoms with van der Waals surface area (Å²) in [6, 6.07) is 0. The highest BCUT2D eigenvalue weighted by molar-refractivity contribution is 5.94. The number of hydrogen-bond acceptors (Lipinski definition) is 2. The van der Waals surface area contributed by atoms with Crippen molar-refractivity contribution in [2.24, 2.45) is 5.41 Å². The van der Waals surface area contributed by atoms with Crippen molar-refractivity contribution in [3.63, 3.8) is 0 Å². The summed E-state index contributed by atoms with van der Waals surface area (Å²) in [6.45, 7) is 4.89. The quantitative estimate of drug-likeness (QED) is 0.820. The van der Waals surface area contributed by atoms with Gasteiger partial charge in [-0.2, -0.15) is 5.10 Å². The topological polar surface area (TPSA) is 57.8 Å². The molecule has 4 heteroatoms. The summed E-state index contributed by atoms with van der Waals surface area (Å²) >= 11 is 0. The van der Waals surface area contributed by atoms with Gasteiger partial charge < -0.3 is 5.32 Å². The van der Waals surface area contributed by atoms with E-state index in [1.54, 1.807) is 6.20 Å². The lowest BCUT2D eigenvalue weighted by molar-refractivity contribution is 0.0933. The number of amides is 1. The number of aromatic amines is 1. The van der Waals surface area contributed by atoms with Gasteiger partial charge in [0.25, 0.3) is 5.91 Å². The van der Waals surface area contributed by atoms with Crippen LogP contribution in [-0.4, -0.2) is 22.6 Å². The maximum atomic E-state index is 11.9. The molecule has 0 spiro atoms. The average Bonchev–Trinajstić information content (AvgIpc) is 2.85. The molecule has 1 saturated carbocycles. The van der Waals surface area contributed by atoms with Crippen molar-refractivity contribution < 1.29 is 4.79 Å². The van der Waals surface area contributed by atoms with Crippen molar-refractivity contribution in [1.82, 2.24) is 15.5 Å². The molecule has 2 N–H and O–H groups in total. The summed E-state index contributed by atoms with van der Waals surface area (Å²) in [7, 11) is 0. The number of nitrogens with one attached hydrogen (secondary N) is 2. The summed E-state index contributed by atoms with van der Waals surface area (Å²) in [5.41, 5.74) is 1.78. The predicted octanol–water partition coefficient (Wildman–Crippen LogP) is 2.03. The number of carbonyl (C=O) groups excluding carboxylic acids is 1. The van der Waals surface area contributed by atoms with Gasteiger partial charge in [0, 0.05) is 12.2 Å². The molecule has 16 heavy (non-hydrogen) atoms. The standard InChI is InChI=1S/C12H19N3O/c1-9-10(7-14-15-9)11(16)13-8-12(2)5-3-4-6-12/h7H,3-6,8H2,1-2H3,(H,13,16)(H,14,15). The van der Waals surface area contributed by atoms with E-state index in [1.807, 2.05) is 6.92 Å². The Labute approximate surface area is 95.8 Å². The zero-order chi connectivity index (χ0) is 11.6. The van der Waals surface area contributed by atoms with Crippen LogP contribution in [0, 0.1) is 12.3 Å². The van der Waals surface area contributed by atoms with Crippen LogP contribution in [0.5, 0.6) is 0 Å². The van der Waals surface area contributed by atoms with E-state index >= 15 is 0 Å². The normalized spacial score (nSPS) is 18.6. The Kier molecular flexibility index (Phi) is 2.99. The summed E-state index contributed by atoms with van der Waals surface area (Å²) in [5, 5.41) is 9.64. The first kappa shape index (κ1) is 11.2. The SMILES string of the molecule is Cc1[nH]ncc1C(=O)NCC1(C)CCCC1. The number of hydrogen-bond donors (Lipinski definition) is 2. The molecule has 4 nitrogen and oxygen atoms in total. The zero-order valence-electron chi connectivity index (χ0n) is 9.97. The highest BCUT2D eigenvalue weighted by atomic mass is 16.1. The molecule has 88 valence electrons. The Morgan fingerprint density at radius 2 is 2.25 bits per heavy atom. The molecular formula is C12H19N3O. The summed E-state index contributed by atoms with van der Waals surface area (Å²) in [4.78, 5) is 11.9. The van der Waals surface area contributed by atoms with Crippen LogP contribution in [0.3, 0.4) is 0 Å². The fourth-order valence-electron chi connectivity index (χ4n) is 2.37. The molecule has 1 aromatic heterocycles. The minimum Gasteiger partial charge on any atom is -0.351 e. The molecule has 0 aliphatic heterocycles. The number of aromatic nitrogens is 2. The van der Waals surface area contributed by atoms with E-state index in [9.17, 15) is 4.79 Å². The van der Waals surface area contributed by atoms with Crippen LogP contribution in [0.15, 0.2) is 6.20 Å². The van der Waals surface area contributed by atoms with Gasteiger partial charge >= 0.3 is 0 Å². The van der Waals surface area contributed by atoms with Gasteiger partial charge in [0.1, 0.15) is 0 Å². The van der Waals surface area contributed by atoms with Crippen molar-refractivity contribution >= 4 is 5.91 Å². The first-order valence-corrected chi connectivity index (χ1v) is 5.89. The lowest BCUT2D eigenvalue weighted by Gasteiger charge is -2.23. The predicted molar refractivity (Wildman–Crippen MR) is 62.2 cm³/mol. The third kappa shape index (κ3) is 2.26. The first-order chi connectivity index (χ1) is 7.61. The van der Waals surface area contributed by atoms with E-state index in [-0.39, 0.29) is 5.91 Å². The second-order valence-electron chi connectivity index (χ2n) is 5.11. The van der Waals surface area contributed by atoms with Crippen LogP contribution in [0.1, 0.15) is 48.7 Å². The van der Waals surface area contributed by atoms with Gasteiger partial charge in [-0.25, -0.2) is 0 Å². The van der Waals surface area contributed by atoms with Crippen LogP contribution in [0.4, 0.5) is 0 Å². The molecule has 1 aromatic rings. The van der Waals surface area contributed by atoms with E-state index < -0.39 is 0 Å². The van der Waals surface area contributed by atoms with Crippen molar-refractivity contribution in [2.45, 2.75) is 39.5 Å². The van der Waals surface area contributed by atoms with Gasteiger partial charge in [0.15, 0.2) is 0 Å². The number of H-pyrrole nitrogens is 1. The van der Waals surface area contributed by atoms with Crippen molar-refractivity contribution in [3.05, 3.63) is 17.5 Å². The molecule has 0 unspecified atom stereocenters. The second-order valence-corrected chi connectivity index (χ2v) is 5.11. The molecule has 0 bridgehead atoms. The van der Waals surface area contributed by atoms with Crippen molar-refractivity contribution in [2.75, 3.05) is 6.54 Å². The fraction of sp³-hybridized carbons (Fsp3) is 0.667. The molecule has 1 fully saturated rings. The van der Waals surface area contributed by atoms with Crippen molar-refractivity contribution in [1.29, 1.82) is 0 Å². The highest BCUT2D eigenvalue weighted by Crippen LogP contribution is 2.36. The molecule has 2 rings (SSSR count). The highest BCUT2D eigenvalue weighted by Gasteiger charge is 2.29. The van der Waals surface area contributed by atoms with E-state index in [0.29, 0.717) is 11.0 Å². The van der Waals surface area contributed by atoms with Gasteiger partial charge in [0.2, 0.25) is 0 Å². The molecule has 1 amide bonds. The first-order valence-electron chi connectivity index (χ1n) is 5.89. The largest absolute Gasteiger partial charge is 0.351 e. The molecule has 1 heterocycles. The molecule has 0 saturated heterocycles. The molecule has 1 aliphatic rings. The Morgan fingerprint density at radius 3 is 2.81 bits per heavy atom. The number of nitrogens with zero attached hydrogens (tertiary/aromatic N) is 1. The van der Waals surface area contributed by atoms with Gasteiger partial charge in [-0.05, 0) is 25.2 Å². The van der Waals surface area contributed by atoms with E-state index in [4.69, 9.17) is 0 Å². The maximum absolute atomic E-state index is 11.9. The monoisotopic (exact) mass is 221 g/mol. The Balaban J connectivity index is 1.91. The lowest BCUT2D eigenvalue weighted by Crippen LogP contribution is -2.34. The third-order valence-electron chi connectivity index (χ3n) is 3.56. The van der Waals surface area contributed by atoms with Crippen molar-refractivity contribution in [3.8, 4) is 0 Å². The molecule has 1 aliphatic carbocycles. The second kappa shape index (κ2) is 4.28. The third-order valence-corrected chi connectivity index (χ3v) is 3.56. The molecule has 0 radical (unpaired) electrons. The minimum absolute atomic E-state index is 0.0145. The van der Waals surface area contributed by atoms with E-state index in [0.717, 1.165) is 12.2 Å². The molecule has 0 atom stereocenters. The van der Waals surface area contributed by atoms with Crippen LogP contribution >= 0.6 is 0 Å². The zero-order valence-corrected chi connectivity index (χ0v) is 9.97. The number of carbonyl (C=O) groups is 1. The molecular weight excluding hydrogens is 202 g/mol. The summed E-state index contributed by atoms with van der Waals surface area (Å²) < 4.78 is 0. The average molecular weight is 221 g/mol. The Bertz CT molecular complexity index is 377. The smallest absolute Gasteiger partial charge is 0.254 e. The summed E-state index contributed by atoms with van der Waals surface area (Å²) in [5.74, 6) is -0.0145. The lowest BCUT2D eigenvalue weighted by atomic mass is 9.89. The van der Waals surface area contributed by atoms with Crippen LogP contribution < -0.4 is 5.32 Å². The Morgan fingerprint density at radius 1 is 1.56 bits per heavy atom. The maximum Gasteiger partial charge on any atom is 0.254 e. The molecule has 0 aromatic carbocycles. The van der Waals surface area contributed by atoms with Crippen LogP contribution in [0.2, 0.25) is 0 Å². The van der Waals surface area contributed by atoms with E-state index in [2.05, 4.69) is 22.4 Å². The minimum atomic E-state index is -0.0145. The fourth-order valence-corrected chi connectivity index (χ4v) is 2.37. The van der Waals surface area contributed by atoms with Gasteiger partial charge in [-0.15, -0.1) is 0 Å². The Hall–Kier alpha value is -1.32. The van der Waals surface area contributed by atoms with E-state index in [1.165, 1.54) is 25.7 Å². The van der Waals surface area contributed by atoms with Gasteiger partial charge in [-0.1, -0.05) is 19.8 Å². The summed E-state index contributed by atoms with van der Waals surface area (Å²) in [6.07, 6.45) is 6.60. The van der Waals surface area contributed by atoms with Crippen LogP contribution in [0.25, 0.3) is 0 Å². The van der Waals surface area contributed by atoms with Gasteiger partial charge in [-0.3, -0.25) is 9.89 Å². The van der Waals surface area contributed by atoms with Gasteiger partial charge in [0.05, 0.1) is 11.8 Å². The number of rotatable bonds is 3. The number of aryl methyl sites for hydroxylation is 1.